The first-order valence-electron chi connectivity index (χ1n) is 11.6. The average Bonchev–Trinajstić information content (AvgIpc) is 3.26. The Morgan fingerprint density at radius 3 is 2.63 bits per heavy atom. The lowest BCUT2D eigenvalue weighted by Gasteiger charge is -2.15. The Balaban J connectivity index is 1.63. The van der Waals surface area contributed by atoms with Gasteiger partial charge in [0.05, 0.1) is 6.54 Å². The molecular weight excluding hydrogens is 440 g/mol. The first kappa shape index (κ1) is 24.0. The van der Waals surface area contributed by atoms with Crippen LogP contribution in [0.2, 0.25) is 0 Å². The van der Waals surface area contributed by atoms with Gasteiger partial charge in [-0.3, -0.25) is 9.48 Å². The van der Waals surface area contributed by atoms with Crippen molar-refractivity contribution in [2.75, 3.05) is 6.54 Å². The van der Waals surface area contributed by atoms with Crippen LogP contribution in [0.25, 0.3) is 16.7 Å². The second kappa shape index (κ2) is 10.9. The fraction of sp³-hybridized carbons (Fsp3) is 0.214. The van der Waals surface area contributed by atoms with Crippen molar-refractivity contribution < 1.29 is 9.53 Å². The normalized spacial score (nSPS) is 13.6. The standard InChI is InChI=1S/C28H29N4O3/c1-4-5-23(14-15-30-34)26-25(27-28(33)29-16-17-32(27)31-26)22-10-12-24(13-11-22)35-18-20-6-8-21(9-7-20)19(2)3/h4-15,19,30H,1,16-18H2,2-3H3,(H,29,33)/q-1/b15-14-,23-5+. The molecule has 0 radical (unpaired) electrons. The minimum atomic E-state index is -0.181. The molecule has 0 unspecified atom stereocenters. The third-order valence-corrected chi connectivity index (χ3v) is 5.87. The lowest BCUT2D eigenvalue weighted by atomic mass is 9.97. The van der Waals surface area contributed by atoms with E-state index in [1.807, 2.05) is 24.3 Å². The predicted octanol–water partition coefficient (Wildman–Crippen LogP) is 5.17. The highest BCUT2D eigenvalue weighted by atomic mass is 16.5. The first-order valence-corrected chi connectivity index (χ1v) is 11.6. The molecule has 3 aromatic rings. The van der Waals surface area contributed by atoms with Crippen LogP contribution in [0.15, 0.2) is 79.5 Å². The summed E-state index contributed by atoms with van der Waals surface area (Å²) in [6.45, 7) is 9.65. The van der Waals surface area contributed by atoms with Crippen LogP contribution in [-0.4, -0.2) is 22.2 Å². The van der Waals surface area contributed by atoms with Crippen molar-refractivity contribution in [3.8, 4) is 16.9 Å². The minimum absolute atomic E-state index is 0.181. The Morgan fingerprint density at radius 2 is 1.97 bits per heavy atom. The summed E-state index contributed by atoms with van der Waals surface area (Å²) < 4.78 is 7.70. The number of hydrogen-bond acceptors (Lipinski definition) is 5. The van der Waals surface area contributed by atoms with Gasteiger partial charge in [0.25, 0.3) is 5.91 Å². The molecule has 0 atom stereocenters. The van der Waals surface area contributed by atoms with Crippen LogP contribution in [0.1, 0.15) is 47.1 Å². The lowest BCUT2D eigenvalue weighted by molar-refractivity contribution is 0.0925. The van der Waals surface area contributed by atoms with Crippen LogP contribution >= 0.6 is 0 Å². The fourth-order valence-corrected chi connectivity index (χ4v) is 4.04. The molecule has 0 aliphatic carbocycles. The molecule has 7 heteroatoms. The van der Waals surface area contributed by atoms with Crippen LogP contribution in [0.3, 0.4) is 0 Å². The number of nitrogens with zero attached hydrogens (tertiary/aromatic N) is 2. The lowest BCUT2D eigenvalue weighted by Crippen LogP contribution is -2.35. The Kier molecular flexibility index (Phi) is 7.48. The summed E-state index contributed by atoms with van der Waals surface area (Å²) in [5, 5.41) is 18.4. The Morgan fingerprint density at radius 1 is 1.23 bits per heavy atom. The van der Waals surface area contributed by atoms with Crippen molar-refractivity contribution in [2.45, 2.75) is 32.9 Å². The second-order valence-corrected chi connectivity index (χ2v) is 8.57. The van der Waals surface area contributed by atoms with Gasteiger partial charge in [-0.05, 0) is 47.0 Å². The molecule has 1 aliphatic rings. The summed E-state index contributed by atoms with van der Waals surface area (Å²) in [5.41, 5.74) is 7.44. The van der Waals surface area contributed by atoms with Gasteiger partial charge in [-0.2, -0.15) is 5.10 Å². The van der Waals surface area contributed by atoms with Crippen LogP contribution in [0, 0.1) is 5.21 Å². The summed E-state index contributed by atoms with van der Waals surface area (Å²) in [5.74, 6) is 1.04. The maximum atomic E-state index is 12.8. The molecule has 7 nitrogen and oxygen atoms in total. The first-order chi connectivity index (χ1) is 17.0. The van der Waals surface area contributed by atoms with Gasteiger partial charge in [-0.15, -0.1) is 0 Å². The monoisotopic (exact) mass is 469 g/mol. The Labute approximate surface area is 205 Å². The van der Waals surface area contributed by atoms with E-state index in [-0.39, 0.29) is 5.91 Å². The van der Waals surface area contributed by atoms with Gasteiger partial charge in [0.1, 0.15) is 23.7 Å². The summed E-state index contributed by atoms with van der Waals surface area (Å²) in [4.78, 5) is 12.8. The van der Waals surface area contributed by atoms with Gasteiger partial charge in [0.15, 0.2) is 0 Å². The number of benzene rings is 2. The van der Waals surface area contributed by atoms with E-state index in [4.69, 9.17) is 9.84 Å². The van der Waals surface area contributed by atoms with Crippen LogP contribution in [0.5, 0.6) is 5.75 Å². The van der Waals surface area contributed by atoms with Crippen molar-refractivity contribution in [2.24, 2.45) is 0 Å². The molecular formula is C28H29N4O3-. The Hall–Kier alpha value is -4.10. The average molecular weight is 470 g/mol. The van der Waals surface area contributed by atoms with E-state index in [1.165, 1.54) is 11.8 Å². The quantitative estimate of drug-likeness (QED) is 0.333. The van der Waals surface area contributed by atoms with Crippen molar-refractivity contribution in [1.29, 1.82) is 0 Å². The number of amides is 1. The molecule has 0 saturated heterocycles. The van der Waals surface area contributed by atoms with E-state index in [1.54, 1.807) is 28.4 Å². The highest BCUT2D eigenvalue weighted by Gasteiger charge is 2.28. The number of aromatic nitrogens is 2. The zero-order valence-electron chi connectivity index (χ0n) is 20.0. The van der Waals surface area contributed by atoms with Gasteiger partial charge >= 0.3 is 0 Å². The summed E-state index contributed by atoms with van der Waals surface area (Å²) >= 11 is 0. The van der Waals surface area contributed by atoms with E-state index >= 15 is 0 Å². The highest BCUT2D eigenvalue weighted by Crippen LogP contribution is 2.34. The SMILES string of the molecule is C=C/C=C(\C=C/N[O-])c1nn2c(c1-c1ccc(OCc3ccc(C(C)C)cc3)cc1)C(=O)NCC2. The number of hydroxylamine groups is 1. The third kappa shape index (κ3) is 5.36. The zero-order valence-corrected chi connectivity index (χ0v) is 20.0. The summed E-state index contributed by atoms with van der Waals surface area (Å²) in [6, 6.07) is 16.1. The predicted molar refractivity (Wildman–Crippen MR) is 139 cm³/mol. The van der Waals surface area contributed by atoms with Gasteiger partial charge in [-0.1, -0.05) is 69.0 Å². The van der Waals surface area contributed by atoms with Gasteiger partial charge in [-0.25, -0.2) is 0 Å². The molecule has 0 fully saturated rings. The van der Waals surface area contributed by atoms with E-state index < -0.39 is 0 Å². The molecule has 1 amide bonds. The number of allylic oxidation sites excluding steroid dienone is 4. The molecule has 2 heterocycles. The number of carbonyl (C=O) groups excluding carboxylic acids is 1. The molecule has 2 aromatic carbocycles. The van der Waals surface area contributed by atoms with Crippen molar-refractivity contribution >= 4 is 11.5 Å². The molecule has 1 aromatic heterocycles. The molecule has 0 bridgehead atoms. The summed E-state index contributed by atoms with van der Waals surface area (Å²) in [7, 11) is 0. The number of fused-ring (bicyclic) bond motifs is 1. The number of rotatable bonds is 9. The number of hydrogen-bond donors (Lipinski definition) is 2. The fourth-order valence-electron chi connectivity index (χ4n) is 4.04. The highest BCUT2D eigenvalue weighted by molar-refractivity contribution is 6.03. The number of ether oxygens (including phenoxy) is 1. The van der Waals surface area contributed by atoms with Crippen LogP contribution < -0.4 is 15.5 Å². The summed E-state index contributed by atoms with van der Waals surface area (Å²) in [6.07, 6.45) is 6.28. The van der Waals surface area contributed by atoms with Crippen LogP contribution in [-0.2, 0) is 13.2 Å². The third-order valence-electron chi connectivity index (χ3n) is 5.87. The van der Waals surface area contributed by atoms with Crippen LogP contribution in [0.4, 0.5) is 0 Å². The molecule has 4 rings (SSSR count). The zero-order chi connectivity index (χ0) is 24.8. The molecule has 180 valence electrons. The maximum absolute atomic E-state index is 12.8. The van der Waals surface area contributed by atoms with E-state index in [0.29, 0.717) is 48.1 Å². The van der Waals surface area contributed by atoms with E-state index in [2.05, 4.69) is 50.0 Å². The minimum Gasteiger partial charge on any atom is -0.761 e. The van der Waals surface area contributed by atoms with E-state index in [9.17, 15) is 10.0 Å². The largest absolute Gasteiger partial charge is 0.761 e. The maximum Gasteiger partial charge on any atom is 0.270 e. The topological polar surface area (TPSA) is 91.2 Å². The van der Waals surface area contributed by atoms with Gasteiger partial charge < -0.3 is 20.7 Å². The second-order valence-electron chi connectivity index (χ2n) is 8.57. The molecule has 0 spiro atoms. The number of nitrogens with one attached hydrogen (secondary N) is 2. The van der Waals surface area contributed by atoms with Crippen molar-refractivity contribution in [3.05, 3.63) is 107 Å². The molecule has 1 aliphatic heterocycles. The molecule has 2 N–H and O–H groups in total. The van der Waals surface area contributed by atoms with E-state index in [0.717, 1.165) is 16.9 Å². The van der Waals surface area contributed by atoms with Gasteiger partial charge in [0.2, 0.25) is 0 Å². The number of carbonyl (C=O) groups is 1. The van der Waals surface area contributed by atoms with Crippen molar-refractivity contribution in [3.63, 3.8) is 0 Å². The smallest absolute Gasteiger partial charge is 0.270 e. The molecule has 35 heavy (non-hydrogen) atoms. The molecule has 0 saturated carbocycles. The van der Waals surface area contributed by atoms with Gasteiger partial charge in [0, 0.05) is 17.7 Å². The Bertz CT molecular complexity index is 1250. The van der Waals surface area contributed by atoms with Crippen molar-refractivity contribution in [1.82, 2.24) is 20.6 Å².